The molecule has 0 saturated carbocycles. The highest BCUT2D eigenvalue weighted by Gasteiger charge is 2.26. The van der Waals surface area contributed by atoms with Gasteiger partial charge in [0.25, 0.3) is 0 Å². The lowest BCUT2D eigenvalue weighted by Crippen LogP contribution is -2.15. The smallest absolute Gasteiger partial charge is 0.186 e. The average Bonchev–Trinajstić information content (AvgIpc) is 2.94. The van der Waals surface area contributed by atoms with Crippen molar-refractivity contribution >= 4 is 11.9 Å². The number of ketones is 1. The lowest BCUT2D eigenvalue weighted by Gasteiger charge is -2.02. The lowest BCUT2D eigenvalue weighted by atomic mass is 9.98. The third kappa shape index (κ3) is 2.95. The first-order chi connectivity index (χ1) is 8.81. The van der Waals surface area contributed by atoms with E-state index in [0.29, 0.717) is 19.6 Å². The quantitative estimate of drug-likeness (QED) is 0.462. The van der Waals surface area contributed by atoms with Crippen molar-refractivity contribution in [3.8, 4) is 6.07 Å². The van der Waals surface area contributed by atoms with Crippen LogP contribution in [0.3, 0.4) is 0 Å². The number of hydrogen-bond acceptors (Lipinski definition) is 3. The van der Waals surface area contributed by atoms with Crippen LogP contribution in [0.2, 0.25) is 0 Å². The van der Waals surface area contributed by atoms with Gasteiger partial charge in [0.05, 0.1) is 6.61 Å². The van der Waals surface area contributed by atoms with Crippen LogP contribution in [0.5, 0.6) is 0 Å². The van der Waals surface area contributed by atoms with Crippen molar-refractivity contribution in [3.63, 3.8) is 0 Å². The molecule has 1 saturated heterocycles. The van der Waals surface area contributed by atoms with Crippen molar-refractivity contribution in [2.24, 2.45) is 5.92 Å². The molecular weight excluding hydrogens is 226 g/mol. The summed E-state index contributed by atoms with van der Waals surface area (Å²) in [6.45, 7) is 1.01. The fourth-order valence-electron chi connectivity index (χ4n) is 1.81. The van der Waals surface area contributed by atoms with E-state index in [1.807, 2.05) is 36.4 Å². The van der Waals surface area contributed by atoms with E-state index in [1.54, 1.807) is 6.08 Å². The van der Waals surface area contributed by atoms with Gasteiger partial charge in [-0.15, -0.1) is 0 Å². The Hall–Kier alpha value is -2.14. The molecule has 1 atom stereocenters. The van der Waals surface area contributed by atoms with Gasteiger partial charge in [-0.25, -0.2) is 0 Å². The predicted octanol–water partition coefficient (Wildman–Crippen LogP) is 2.35. The molecule has 1 aromatic rings. The summed E-state index contributed by atoms with van der Waals surface area (Å²) >= 11 is 0. The number of Topliss-reactive ketones (excluding diaryl/α,β-unsaturated/α-hetero) is 1. The summed E-state index contributed by atoms with van der Waals surface area (Å²) in [5.74, 6) is -0.349. The first kappa shape index (κ1) is 12.3. The molecule has 1 aliphatic heterocycles. The van der Waals surface area contributed by atoms with E-state index in [9.17, 15) is 4.79 Å². The van der Waals surface area contributed by atoms with E-state index in [0.717, 1.165) is 5.56 Å². The van der Waals surface area contributed by atoms with E-state index in [-0.39, 0.29) is 17.3 Å². The molecule has 0 aromatic heterocycles. The zero-order valence-corrected chi connectivity index (χ0v) is 9.93. The fraction of sp³-hybridized carbons (Fsp3) is 0.267. The molecule has 2 rings (SSSR count). The minimum Gasteiger partial charge on any atom is -0.381 e. The van der Waals surface area contributed by atoms with Crippen molar-refractivity contribution in [1.29, 1.82) is 5.26 Å². The number of carbonyl (C=O) groups excluding carboxylic acids is 1. The van der Waals surface area contributed by atoms with Gasteiger partial charge in [-0.1, -0.05) is 36.1 Å². The highest BCUT2D eigenvalue weighted by atomic mass is 16.5. The van der Waals surface area contributed by atoms with Crippen LogP contribution in [0.4, 0.5) is 0 Å². The summed E-state index contributed by atoms with van der Waals surface area (Å²) in [6.07, 6.45) is 2.35. The zero-order chi connectivity index (χ0) is 12.8. The molecular formula is C15H13NO2. The average molecular weight is 239 g/mol. The molecule has 0 N–H and O–H groups in total. The van der Waals surface area contributed by atoms with Crippen LogP contribution in [0.1, 0.15) is 12.0 Å². The van der Waals surface area contributed by atoms with E-state index >= 15 is 0 Å². The summed E-state index contributed by atoms with van der Waals surface area (Å²) in [5, 5.41) is 9.00. The molecule has 3 nitrogen and oxygen atoms in total. The van der Waals surface area contributed by atoms with Crippen LogP contribution in [0, 0.1) is 17.2 Å². The predicted molar refractivity (Wildman–Crippen MR) is 67.5 cm³/mol. The Balaban J connectivity index is 2.20. The molecule has 1 fully saturated rings. The molecule has 90 valence electrons. The summed E-state index contributed by atoms with van der Waals surface area (Å²) in [4.78, 5) is 12.0. The highest BCUT2D eigenvalue weighted by Crippen LogP contribution is 2.17. The zero-order valence-electron chi connectivity index (χ0n) is 9.93. The Bertz CT molecular complexity index is 527. The number of nitriles is 1. The maximum Gasteiger partial charge on any atom is 0.186 e. The van der Waals surface area contributed by atoms with Gasteiger partial charge >= 0.3 is 0 Å². The van der Waals surface area contributed by atoms with Crippen molar-refractivity contribution in [2.45, 2.75) is 6.42 Å². The molecule has 18 heavy (non-hydrogen) atoms. The standard InChI is InChI=1S/C15H13NO2/c16-10-13(15(17)14-8-9-18-11-14)7-6-12-4-2-1-3-5-12/h1-6,14H,8-9,11H2. The molecule has 0 aliphatic carbocycles. The van der Waals surface area contributed by atoms with E-state index in [1.165, 1.54) is 0 Å². The Kier molecular flexibility index (Phi) is 4.09. The Labute approximate surface area is 106 Å². The van der Waals surface area contributed by atoms with E-state index in [2.05, 4.69) is 5.73 Å². The van der Waals surface area contributed by atoms with Crippen molar-refractivity contribution < 1.29 is 9.53 Å². The second-order valence-corrected chi connectivity index (χ2v) is 4.11. The molecule has 1 aliphatic rings. The molecule has 0 bridgehead atoms. The minimum absolute atomic E-state index is 0.0781. The van der Waals surface area contributed by atoms with Crippen LogP contribution in [0.25, 0.3) is 6.08 Å². The van der Waals surface area contributed by atoms with Crippen LogP contribution >= 0.6 is 0 Å². The topological polar surface area (TPSA) is 50.1 Å². The maximum atomic E-state index is 12.0. The number of ether oxygens (including phenoxy) is 1. The molecule has 0 spiro atoms. The summed E-state index contributed by atoms with van der Waals surface area (Å²) in [6, 6.07) is 11.4. The van der Waals surface area contributed by atoms with Crippen molar-refractivity contribution in [3.05, 3.63) is 47.2 Å². The summed E-state index contributed by atoms with van der Waals surface area (Å²) in [5.41, 5.74) is 3.78. The Morgan fingerprint density at radius 1 is 1.39 bits per heavy atom. The Morgan fingerprint density at radius 3 is 2.78 bits per heavy atom. The van der Waals surface area contributed by atoms with Crippen LogP contribution in [-0.2, 0) is 9.53 Å². The van der Waals surface area contributed by atoms with Gasteiger partial charge in [-0.3, -0.25) is 4.79 Å². The summed E-state index contributed by atoms with van der Waals surface area (Å²) < 4.78 is 5.15. The minimum atomic E-state index is -0.184. The van der Waals surface area contributed by atoms with Gasteiger partial charge in [0, 0.05) is 12.5 Å². The number of benzene rings is 1. The number of rotatable bonds is 3. The van der Waals surface area contributed by atoms with Crippen LogP contribution in [-0.4, -0.2) is 19.0 Å². The van der Waals surface area contributed by atoms with Gasteiger partial charge in [-0.05, 0) is 18.1 Å². The van der Waals surface area contributed by atoms with Gasteiger partial charge in [0.2, 0.25) is 0 Å². The molecule has 3 heteroatoms. The number of carbonyl (C=O) groups is 1. The van der Waals surface area contributed by atoms with E-state index in [4.69, 9.17) is 10.00 Å². The molecule has 1 heterocycles. The van der Waals surface area contributed by atoms with Gasteiger partial charge < -0.3 is 4.74 Å². The van der Waals surface area contributed by atoms with E-state index < -0.39 is 0 Å². The number of nitrogens with zero attached hydrogens (tertiary/aromatic N) is 1. The number of hydrogen-bond donors (Lipinski definition) is 0. The van der Waals surface area contributed by atoms with Gasteiger partial charge in [-0.2, -0.15) is 5.26 Å². The highest BCUT2D eigenvalue weighted by molar-refractivity contribution is 6.01. The van der Waals surface area contributed by atoms with Crippen LogP contribution in [0.15, 0.2) is 41.6 Å². The maximum absolute atomic E-state index is 12.0. The Morgan fingerprint density at radius 2 is 2.17 bits per heavy atom. The monoisotopic (exact) mass is 239 g/mol. The van der Waals surface area contributed by atoms with Gasteiger partial charge in [0.1, 0.15) is 11.6 Å². The third-order valence-corrected chi connectivity index (χ3v) is 2.84. The molecule has 1 unspecified atom stereocenters. The van der Waals surface area contributed by atoms with Crippen LogP contribution < -0.4 is 0 Å². The molecule has 1 aromatic carbocycles. The van der Waals surface area contributed by atoms with Gasteiger partial charge in [0.15, 0.2) is 5.78 Å². The van der Waals surface area contributed by atoms with Crippen molar-refractivity contribution in [2.75, 3.05) is 13.2 Å². The van der Waals surface area contributed by atoms with Crippen molar-refractivity contribution in [1.82, 2.24) is 0 Å². The summed E-state index contributed by atoms with van der Waals surface area (Å²) in [7, 11) is 0. The normalized spacial score (nSPS) is 17.6. The number of allylic oxidation sites excluding steroid dienone is 1. The first-order valence-electron chi connectivity index (χ1n) is 5.85. The second kappa shape index (κ2) is 5.97. The molecule has 0 amide bonds. The largest absolute Gasteiger partial charge is 0.381 e. The first-order valence-corrected chi connectivity index (χ1v) is 5.85. The second-order valence-electron chi connectivity index (χ2n) is 4.11. The SMILES string of the molecule is N#CC(=C=Cc1ccccc1)C(=O)C1CCOC1. The molecule has 0 radical (unpaired) electrons. The lowest BCUT2D eigenvalue weighted by molar-refractivity contribution is -0.118. The fourth-order valence-corrected chi connectivity index (χ4v) is 1.81. The third-order valence-electron chi connectivity index (χ3n) is 2.84.